The Balaban J connectivity index is 1.22. The number of hydrogen-bond donors (Lipinski definition) is 1. The molecule has 1 N–H and O–H groups in total. The van der Waals surface area contributed by atoms with Crippen LogP contribution in [0.2, 0.25) is 0 Å². The lowest BCUT2D eigenvalue weighted by molar-refractivity contribution is -0.114. The number of benzene rings is 3. The van der Waals surface area contributed by atoms with Crippen LogP contribution in [0.15, 0.2) is 82.6 Å². The third kappa shape index (κ3) is 5.73. The Hall–Kier alpha value is -2.97. The van der Waals surface area contributed by atoms with E-state index in [2.05, 4.69) is 17.4 Å². The highest BCUT2D eigenvalue weighted by Gasteiger charge is 2.48. The average Bonchev–Trinajstić information content (AvgIpc) is 2.97. The number of amides is 1. The van der Waals surface area contributed by atoms with Crippen LogP contribution in [0.5, 0.6) is 5.75 Å². The van der Waals surface area contributed by atoms with Crippen LogP contribution in [0.1, 0.15) is 50.5 Å². The maximum atomic E-state index is 13.9. The van der Waals surface area contributed by atoms with E-state index < -0.39 is 15.9 Å². The first-order valence-corrected chi connectivity index (χ1v) is 17.3. The van der Waals surface area contributed by atoms with Gasteiger partial charge in [-0.1, -0.05) is 24.3 Å². The first-order chi connectivity index (χ1) is 19.9. The van der Waals surface area contributed by atoms with Gasteiger partial charge in [0.2, 0.25) is 5.91 Å². The van der Waals surface area contributed by atoms with E-state index in [1.807, 2.05) is 25.3 Å². The fourth-order valence-electron chi connectivity index (χ4n) is 7.70. The van der Waals surface area contributed by atoms with Gasteiger partial charge >= 0.3 is 0 Å². The molecule has 8 heteroatoms. The van der Waals surface area contributed by atoms with Crippen LogP contribution in [0.4, 0.5) is 11.4 Å². The fourth-order valence-corrected chi connectivity index (χ4v) is 9.54. The van der Waals surface area contributed by atoms with Gasteiger partial charge in [-0.25, -0.2) is 8.42 Å². The molecule has 0 radical (unpaired) electrons. The summed E-state index contributed by atoms with van der Waals surface area (Å²) in [7, 11) is -4.06. The Morgan fingerprint density at radius 2 is 1.54 bits per heavy atom. The number of nitrogens with one attached hydrogen (secondary N) is 1. The number of para-hydroxylation sites is 2. The lowest BCUT2D eigenvalue weighted by atomic mass is 9.51. The lowest BCUT2D eigenvalue weighted by Gasteiger charge is -2.54. The van der Waals surface area contributed by atoms with Crippen molar-refractivity contribution in [3.05, 3.63) is 78.4 Å². The van der Waals surface area contributed by atoms with E-state index in [1.165, 1.54) is 49.4 Å². The molecule has 4 aliphatic carbocycles. The van der Waals surface area contributed by atoms with Crippen molar-refractivity contribution in [3.8, 4) is 5.75 Å². The summed E-state index contributed by atoms with van der Waals surface area (Å²) >= 11 is 1.54. The van der Waals surface area contributed by atoms with Gasteiger partial charge in [0.25, 0.3) is 10.0 Å². The molecule has 3 aromatic rings. The summed E-state index contributed by atoms with van der Waals surface area (Å²) in [4.78, 5) is 14.4. The molecule has 4 bridgehead atoms. The van der Waals surface area contributed by atoms with Crippen molar-refractivity contribution < 1.29 is 17.9 Å². The highest BCUT2D eigenvalue weighted by Crippen LogP contribution is 2.59. The summed E-state index contributed by atoms with van der Waals surface area (Å²) in [5, 5.41) is 2.94. The number of carbonyl (C=O) groups is 1. The predicted molar refractivity (Wildman–Crippen MR) is 165 cm³/mol. The van der Waals surface area contributed by atoms with E-state index >= 15 is 0 Å². The van der Waals surface area contributed by atoms with Gasteiger partial charge in [-0.3, -0.25) is 9.10 Å². The molecule has 1 amide bonds. The van der Waals surface area contributed by atoms with Crippen molar-refractivity contribution in [3.63, 3.8) is 0 Å². The average molecular weight is 591 g/mol. The summed E-state index contributed by atoms with van der Waals surface area (Å²) in [5.41, 5.74) is 2.37. The van der Waals surface area contributed by atoms with Crippen LogP contribution in [0.3, 0.4) is 0 Å². The molecule has 4 saturated carbocycles. The van der Waals surface area contributed by atoms with Gasteiger partial charge in [0.1, 0.15) is 12.3 Å². The maximum Gasteiger partial charge on any atom is 0.264 e. The van der Waals surface area contributed by atoms with Crippen molar-refractivity contribution in [2.45, 2.75) is 54.7 Å². The van der Waals surface area contributed by atoms with E-state index in [0.717, 1.165) is 32.9 Å². The number of ether oxygens (including phenoxy) is 1. The second-order valence-electron chi connectivity index (χ2n) is 11.7. The van der Waals surface area contributed by atoms with Crippen molar-refractivity contribution in [2.24, 2.45) is 23.7 Å². The summed E-state index contributed by atoms with van der Waals surface area (Å²) in [5.74, 6) is 4.07. The van der Waals surface area contributed by atoms with Crippen LogP contribution >= 0.6 is 11.8 Å². The molecule has 6 nitrogen and oxygen atoms in total. The second-order valence-corrected chi connectivity index (χ2v) is 14.5. The van der Waals surface area contributed by atoms with E-state index in [4.69, 9.17) is 4.74 Å². The van der Waals surface area contributed by atoms with Gasteiger partial charge in [0.05, 0.1) is 17.2 Å². The minimum Gasteiger partial charge on any atom is -0.492 e. The van der Waals surface area contributed by atoms with Gasteiger partial charge in [-0.15, -0.1) is 11.8 Å². The zero-order valence-electron chi connectivity index (χ0n) is 23.7. The minimum absolute atomic E-state index is 0.120. The van der Waals surface area contributed by atoms with Crippen molar-refractivity contribution in [1.29, 1.82) is 0 Å². The minimum atomic E-state index is -4.06. The lowest BCUT2D eigenvalue weighted by Crippen LogP contribution is -2.43. The molecule has 0 saturated heterocycles. The number of sulfonamides is 1. The summed E-state index contributed by atoms with van der Waals surface area (Å²) in [6.45, 7) is 1.83. The molecule has 0 heterocycles. The van der Waals surface area contributed by atoms with Gasteiger partial charge in [0.15, 0.2) is 0 Å². The van der Waals surface area contributed by atoms with Crippen LogP contribution in [-0.4, -0.2) is 33.7 Å². The molecule has 0 aromatic heterocycles. The molecule has 7 rings (SSSR count). The van der Waals surface area contributed by atoms with E-state index in [0.29, 0.717) is 29.6 Å². The number of rotatable bonds is 10. The Labute approximate surface area is 247 Å². The van der Waals surface area contributed by atoms with E-state index in [-0.39, 0.29) is 11.4 Å². The first-order valence-electron chi connectivity index (χ1n) is 14.6. The van der Waals surface area contributed by atoms with E-state index in [1.54, 1.807) is 48.5 Å². The standard InChI is InChI=1S/C33H38N2O4S2/c1-3-39-31-7-5-4-6-30(31)35(41(37,38)29-14-12-28(40-2)13-15-29)21-32(36)34-27-10-8-24(9-11-27)33-25-17-22-16-23(19-25)20-26(33)18-22/h4-15,22-23,25-26,33H,3,16-21H2,1-2H3,(H,34,36). The second kappa shape index (κ2) is 11.7. The fraction of sp³-hybridized carbons (Fsp3) is 0.424. The molecule has 0 atom stereocenters. The SMILES string of the molecule is CCOc1ccccc1N(CC(=O)Nc1ccc(C2C3CC4CC(C3)CC2C4)cc1)S(=O)(=O)c1ccc(SC)cc1. The Bertz CT molecular complexity index is 1460. The molecule has 41 heavy (non-hydrogen) atoms. The maximum absolute atomic E-state index is 13.9. The number of carbonyl (C=O) groups excluding carboxylic acids is 1. The van der Waals surface area contributed by atoms with Gasteiger partial charge < -0.3 is 10.1 Å². The molecule has 216 valence electrons. The van der Waals surface area contributed by atoms with Gasteiger partial charge in [-0.05, 0) is 129 Å². The monoisotopic (exact) mass is 590 g/mol. The summed E-state index contributed by atoms with van der Waals surface area (Å²) < 4.78 is 34.7. The first kappa shape index (κ1) is 28.2. The predicted octanol–water partition coefficient (Wildman–Crippen LogP) is 7.18. The number of anilines is 2. The van der Waals surface area contributed by atoms with Crippen molar-refractivity contribution in [1.82, 2.24) is 0 Å². The third-order valence-electron chi connectivity index (χ3n) is 9.17. The molecule has 0 unspecified atom stereocenters. The number of thioether (sulfide) groups is 1. The van der Waals surface area contributed by atoms with E-state index in [9.17, 15) is 13.2 Å². The molecule has 3 aromatic carbocycles. The zero-order valence-corrected chi connectivity index (χ0v) is 25.3. The molecular formula is C33H38N2O4S2. The topological polar surface area (TPSA) is 75.7 Å². The molecule has 4 aliphatic rings. The number of nitrogens with zero attached hydrogens (tertiary/aromatic N) is 1. The Kier molecular flexibility index (Phi) is 8.05. The highest BCUT2D eigenvalue weighted by molar-refractivity contribution is 7.98. The largest absolute Gasteiger partial charge is 0.492 e. The third-order valence-corrected chi connectivity index (χ3v) is 11.7. The zero-order chi connectivity index (χ0) is 28.6. The van der Waals surface area contributed by atoms with Gasteiger partial charge in [0, 0.05) is 10.6 Å². The van der Waals surface area contributed by atoms with Crippen LogP contribution in [0, 0.1) is 23.7 Å². The summed E-state index contributed by atoms with van der Waals surface area (Å²) in [6.07, 6.45) is 8.84. The quantitative estimate of drug-likeness (QED) is 0.253. The normalized spacial score (nSPS) is 24.7. The van der Waals surface area contributed by atoms with Crippen molar-refractivity contribution in [2.75, 3.05) is 29.0 Å². The number of hydrogen-bond acceptors (Lipinski definition) is 5. The molecule has 0 spiro atoms. The molecule has 4 fully saturated rings. The Morgan fingerprint density at radius 1 is 0.902 bits per heavy atom. The van der Waals surface area contributed by atoms with Crippen LogP contribution in [-0.2, 0) is 14.8 Å². The van der Waals surface area contributed by atoms with Gasteiger partial charge in [-0.2, -0.15) is 0 Å². The van der Waals surface area contributed by atoms with Crippen LogP contribution in [0.25, 0.3) is 0 Å². The highest BCUT2D eigenvalue weighted by atomic mass is 32.2. The smallest absolute Gasteiger partial charge is 0.264 e. The Morgan fingerprint density at radius 3 is 2.15 bits per heavy atom. The molecule has 0 aliphatic heterocycles. The summed E-state index contributed by atoms with van der Waals surface area (Å²) in [6, 6.07) is 21.9. The molecular weight excluding hydrogens is 553 g/mol. The van der Waals surface area contributed by atoms with Crippen LogP contribution < -0.4 is 14.4 Å². The van der Waals surface area contributed by atoms with Crippen molar-refractivity contribution >= 4 is 39.1 Å².